The van der Waals surface area contributed by atoms with Crippen LogP contribution in [0.25, 0.3) is 6.08 Å². The van der Waals surface area contributed by atoms with Gasteiger partial charge in [-0.2, -0.15) is 0 Å². The number of aromatic hydroxyl groups is 1. The third-order valence-electron chi connectivity index (χ3n) is 6.07. The molecular formula is C25H26O6. The third kappa shape index (κ3) is 3.56. The maximum atomic E-state index is 13.2. The van der Waals surface area contributed by atoms with Crippen molar-refractivity contribution < 1.29 is 29.3 Å². The first-order valence-electron chi connectivity index (χ1n) is 10.4. The number of ketones is 1. The van der Waals surface area contributed by atoms with E-state index < -0.39 is 29.5 Å². The highest BCUT2D eigenvalue weighted by Crippen LogP contribution is 2.54. The monoisotopic (exact) mass is 422 g/mol. The Bertz CT molecular complexity index is 1080. The first-order chi connectivity index (χ1) is 14.6. The molecule has 0 fully saturated rings. The topological polar surface area (TPSA) is 93.1 Å². The number of benzene rings is 2. The maximum absolute atomic E-state index is 13.2. The lowest BCUT2D eigenvalue weighted by molar-refractivity contribution is -0.137. The summed E-state index contributed by atoms with van der Waals surface area (Å²) in [5, 5.41) is 20.7. The average molecular weight is 422 g/mol. The van der Waals surface area contributed by atoms with E-state index in [9.17, 15) is 19.8 Å². The zero-order valence-electron chi connectivity index (χ0n) is 18.0. The molecule has 4 rings (SSSR count). The van der Waals surface area contributed by atoms with Crippen molar-refractivity contribution in [2.75, 3.05) is 0 Å². The number of Topliss-reactive ketones (excluding diaryl/α,β-unsaturated/α-hetero) is 1. The second-order valence-corrected chi connectivity index (χ2v) is 8.79. The van der Waals surface area contributed by atoms with Crippen molar-refractivity contribution >= 4 is 17.8 Å². The van der Waals surface area contributed by atoms with Crippen LogP contribution in [0.5, 0.6) is 17.2 Å². The molecule has 0 saturated heterocycles. The van der Waals surface area contributed by atoms with Gasteiger partial charge >= 0.3 is 5.97 Å². The van der Waals surface area contributed by atoms with E-state index in [1.807, 2.05) is 44.2 Å². The molecule has 2 aromatic carbocycles. The zero-order chi connectivity index (χ0) is 22.5. The van der Waals surface area contributed by atoms with Gasteiger partial charge in [0.1, 0.15) is 34.5 Å². The average Bonchev–Trinajstić information content (AvgIpc) is 2.70. The van der Waals surface area contributed by atoms with Gasteiger partial charge in [0.2, 0.25) is 0 Å². The van der Waals surface area contributed by atoms with Gasteiger partial charge in [-0.25, -0.2) is 0 Å². The number of phenols is 1. The smallest absolute Gasteiger partial charge is 0.304 e. The molecule has 2 heterocycles. The number of hydrogen-bond acceptors (Lipinski definition) is 5. The lowest BCUT2D eigenvalue weighted by atomic mass is 9.80. The fourth-order valence-electron chi connectivity index (χ4n) is 4.22. The predicted molar refractivity (Wildman–Crippen MR) is 116 cm³/mol. The fraction of sp³-hybridized carbons (Fsp3) is 0.360. The number of carboxylic acid groups (broad SMARTS) is 1. The van der Waals surface area contributed by atoms with Crippen LogP contribution in [0.4, 0.5) is 0 Å². The molecule has 31 heavy (non-hydrogen) atoms. The fourth-order valence-corrected chi connectivity index (χ4v) is 4.22. The van der Waals surface area contributed by atoms with E-state index in [0.29, 0.717) is 16.9 Å². The van der Waals surface area contributed by atoms with Gasteiger partial charge in [-0.3, -0.25) is 9.59 Å². The van der Waals surface area contributed by atoms with E-state index in [4.69, 9.17) is 9.47 Å². The van der Waals surface area contributed by atoms with E-state index in [2.05, 4.69) is 0 Å². The van der Waals surface area contributed by atoms with Crippen LogP contribution in [0.2, 0.25) is 0 Å². The van der Waals surface area contributed by atoms with Gasteiger partial charge in [-0.05, 0) is 38.5 Å². The van der Waals surface area contributed by atoms with Crippen molar-refractivity contribution in [3.8, 4) is 17.2 Å². The van der Waals surface area contributed by atoms with Gasteiger partial charge < -0.3 is 19.7 Å². The molecule has 0 bridgehead atoms. The number of carbonyl (C=O) groups excluding carboxylic acids is 1. The maximum Gasteiger partial charge on any atom is 0.304 e. The number of hydrogen-bond donors (Lipinski definition) is 2. The Morgan fingerprint density at radius 3 is 2.48 bits per heavy atom. The molecule has 2 aliphatic rings. The van der Waals surface area contributed by atoms with Crippen LogP contribution < -0.4 is 9.47 Å². The SMILES string of the molecule is C[C@@H]1Oc2c(c(O)c3c(c2C(CC(=O)O)c2ccccc2)OC(C)(C)C=C3)C(=O)[C@H]1C. The van der Waals surface area contributed by atoms with E-state index >= 15 is 0 Å². The van der Waals surface area contributed by atoms with E-state index in [1.165, 1.54) is 0 Å². The normalized spacial score (nSPS) is 22.0. The van der Waals surface area contributed by atoms with Gasteiger partial charge in [0.15, 0.2) is 5.78 Å². The van der Waals surface area contributed by atoms with Gasteiger partial charge in [0, 0.05) is 11.5 Å². The molecule has 1 unspecified atom stereocenters. The van der Waals surface area contributed by atoms with Crippen molar-refractivity contribution in [3.63, 3.8) is 0 Å². The summed E-state index contributed by atoms with van der Waals surface area (Å²) in [6.45, 7) is 7.30. The van der Waals surface area contributed by atoms with Crippen molar-refractivity contribution in [1.82, 2.24) is 0 Å². The third-order valence-corrected chi connectivity index (χ3v) is 6.07. The summed E-state index contributed by atoms with van der Waals surface area (Å²) >= 11 is 0. The number of rotatable bonds is 4. The Hall–Kier alpha value is -3.28. The first kappa shape index (κ1) is 21.0. The number of ether oxygens (including phenoxy) is 2. The Morgan fingerprint density at radius 2 is 1.84 bits per heavy atom. The van der Waals surface area contributed by atoms with Crippen LogP contribution >= 0.6 is 0 Å². The first-order valence-corrected chi connectivity index (χ1v) is 10.4. The van der Waals surface area contributed by atoms with Crippen molar-refractivity contribution in [1.29, 1.82) is 0 Å². The van der Waals surface area contributed by atoms with Gasteiger partial charge in [0.25, 0.3) is 0 Å². The molecule has 0 aliphatic carbocycles. The number of phenolic OH excluding ortho intramolecular Hbond substituents is 1. The minimum absolute atomic E-state index is 0.0960. The molecule has 0 aromatic heterocycles. The summed E-state index contributed by atoms with van der Waals surface area (Å²) in [5.41, 5.74) is 1.04. The highest BCUT2D eigenvalue weighted by atomic mass is 16.5. The highest BCUT2D eigenvalue weighted by molar-refractivity contribution is 6.06. The molecule has 6 heteroatoms. The number of carbonyl (C=O) groups is 2. The molecule has 2 aromatic rings. The molecular weight excluding hydrogens is 396 g/mol. The zero-order valence-corrected chi connectivity index (χ0v) is 18.0. The minimum Gasteiger partial charge on any atom is -0.506 e. The van der Waals surface area contributed by atoms with E-state index in [1.54, 1.807) is 26.0 Å². The van der Waals surface area contributed by atoms with Crippen LogP contribution in [0.1, 0.15) is 67.1 Å². The molecule has 6 nitrogen and oxygen atoms in total. The Kier molecular flexibility index (Phi) is 5.04. The molecule has 0 radical (unpaired) electrons. The number of carboxylic acids is 1. The van der Waals surface area contributed by atoms with Gasteiger partial charge in [-0.15, -0.1) is 0 Å². The summed E-state index contributed by atoms with van der Waals surface area (Å²) in [6, 6.07) is 9.23. The van der Waals surface area contributed by atoms with Crippen LogP contribution in [0, 0.1) is 5.92 Å². The summed E-state index contributed by atoms with van der Waals surface area (Å²) in [5.74, 6) is -1.90. The largest absolute Gasteiger partial charge is 0.506 e. The van der Waals surface area contributed by atoms with Crippen LogP contribution in [0.3, 0.4) is 0 Å². The molecule has 0 saturated carbocycles. The van der Waals surface area contributed by atoms with Crippen LogP contribution in [-0.2, 0) is 4.79 Å². The summed E-state index contributed by atoms with van der Waals surface area (Å²) in [7, 11) is 0. The Labute approximate surface area is 181 Å². The van der Waals surface area contributed by atoms with Crippen molar-refractivity contribution in [3.05, 3.63) is 58.7 Å². The lowest BCUT2D eigenvalue weighted by Crippen LogP contribution is -2.36. The molecule has 2 aliphatic heterocycles. The van der Waals surface area contributed by atoms with Gasteiger partial charge in [-0.1, -0.05) is 37.3 Å². The van der Waals surface area contributed by atoms with E-state index in [0.717, 1.165) is 5.56 Å². The number of aliphatic carboxylic acids is 1. The Balaban J connectivity index is 2.08. The molecule has 3 atom stereocenters. The second-order valence-electron chi connectivity index (χ2n) is 8.79. The highest BCUT2D eigenvalue weighted by Gasteiger charge is 2.42. The summed E-state index contributed by atoms with van der Waals surface area (Å²) in [6.07, 6.45) is 2.89. The summed E-state index contributed by atoms with van der Waals surface area (Å²) in [4.78, 5) is 25.0. The van der Waals surface area contributed by atoms with Crippen molar-refractivity contribution in [2.24, 2.45) is 5.92 Å². The second kappa shape index (κ2) is 7.45. The predicted octanol–water partition coefficient (Wildman–Crippen LogP) is 4.78. The summed E-state index contributed by atoms with van der Waals surface area (Å²) < 4.78 is 12.4. The van der Waals surface area contributed by atoms with E-state index in [-0.39, 0.29) is 29.3 Å². The number of fused-ring (bicyclic) bond motifs is 2. The van der Waals surface area contributed by atoms with Crippen molar-refractivity contribution in [2.45, 2.75) is 51.7 Å². The van der Waals surface area contributed by atoms with Crippen LogP contribution in [0.15, 0.2) is 36.4 Å². The van der Waals surface area contributed by atoms with Crippen LogP contribution in [-0.4, -0.2) is 33.7 Å². The van der Waals surface area contributed by atoms with Gasteiger partial charge in [0.05, 0.1) is 17.9 Å². The Morgan fingerprint density at radius 1 is 1.16 bits per heavy atom. The quantitative estimate of drug-likeness (QED) is 0.736. The molecule has 2 N–H and O–H groups in total. The molecule has 0 spiro atoms. The molecule has 0 amide bonds. The minimum atomic E-state index is -0.987. The molecule has 162 valence electrons. The standard InChI is InChI=1S/C25H26O6/c1-13-14(2)30-24-19(17(12-18(26)27)15-8-6-5-7-9-15)23-16(10-11-25(3,4)31-23)22(29)20(24)21(13)28/h5-11,13-14,17,29H,12H2,1-4H3,(H,26,27)/t13-,14-,17?/m0/s1. The lowest BCUT2D eigenvalue weighted by Gasteiger charge is -2.37.